The minimum Gasteiger partial charge on any atom is -0.396 e. The van der Waals surface area contributed by atoms with E-state index in [2.05, 4.69) is 31.5 Å². The summed E-state index contributed by atoms with van der Waals surface area (Å²) >= 11 is 11.8. The Kier molecular flexibility index (Phi) is 10.6. The predicted octanol–water partition coefficient (Wildman–Crippen LogP) is 5.87. The fraction of sp³-hybridized carbons (Fsp3) is 0.562. The van der Waals surface area contributed by atoms with Gasteiger partial charge in [-0.25, -0.2) is 4.99 Å². The van der Waals surface area contributed by atoms with Crippen molar-refractivity contribution >= 4 is 28.4 Å². The summed E-state index contributed by atoms with van der Waals surface area (Å²) in [5, 5.41) is 0.662. The van der Waals surface area contributed by atoms with Gasteiger partial charge in [0.25, 0.3) is 0 Å². The van der Waals surface area contributed by atoms with E-state index in [1.807, 2.05) is 0 Å². The van der Waals surface area contributed by atoms with Gasteiger partial charge in [0.15, 0.2) is 5.16 Å². The van der Waals surface area contributed by atoms with Crippen LogP contribution in [0.5, 0.6) is 0 Å². The fourth-order valence-corrected chi connectivity index (χ4v) is 2.11. The Morgan fingerprint density at radius 3 is 2.30 bits per heavy atom. The number of allylic oxidation sites excluding steroid dienone is 3. The molecule has 2 nitrogen and oxygen atoms in total. The van der Waals surface area contributed by atoms with Crippen molar-refractivity contribution in [2.45, 2.75) is 59.3 Å². The summed E-state index contributed by atoms with van der Waals surface area (Å²) in [6.45, 7) is 9.78. The van der Waals surface area contributed by atoms with E-state index in [1.54, 1.807) is 6.92 Å². The van der Waals surface area contributed by atoms with Crippen molar-refractivity contribution in [2.75, 3.05) is 0 Å². The molecule has 4 heteroatoms. The summed E-state index contributed by atoms with van der Waals surface area (Å²) in [5.41, 5.74) is 8.91. The molecule has 0 aliphatic heterocycles. The molecule has 0 aliphatic rings. The maximum atomic E-state index is 6.09. The molecule has 0 radical (unpaired) electrons. The third-order valence-electron chi connectivity index (χ3n) is 2.80. The minimum absolute atomic E-state index is 0.278. The van der Waals surface area contributed by atoms with E-state index < -0.39 is 0 Å². The first-order valence-corrected chi connectivity index (χ1v) is 7.83. The van der Waals surface area contributed by atoms with Gasteiger partial charge < -0.3 is 5.73 Å². The van der Waals surface area contributed by atoms with Gasteiger partial charge >= 0.3 is 0 Å². The highest BCUT2D eigenvalue weighted by molar-refractivity contribution is 6.65. The van der Waals surface area contributed by atoms with Gasteiger partial charge in [0.05, 0.1) is 5.70 Å². The lowest BCUT2D eigenvalue weighted by molar-refractivity contribution is 0.724. The maximum absolute atomic E-state index is 6.09. The summed E-state index contributed by atoms with van der Waals surface area (Å²) in [7, 11) is 0. The number of hydrogen-bond donors (Lipinski definition) is 1. The van der Waals surface area contributed by atoms with Crippen molar-refractivity contribution in [3.8, 4) is 0 Å². The number of unbranched alkanes of at least 4 members (excludes halogenated alkanes) is 2. The van der Waals surface area contributed by atoms with Crippen LogP contribution in [0.2, 0.25) is 0 Å². The van der Waals surface area contributed by atoms with Gasteiger partial charge in [-0.15, -0.1) is 6.58 Å². The Hall–Kier alpha value is -0.730. The fourth-order valence-electron chi connectivity index (χ4n) is 1.74. The quantitative estimate of drug-likeness (QED) is 0.186. The van der Waals surface area contributed by atoms with Crippen molar-refractivity contribution in [3.63, 3.8) is 0 Å². The predicted molar refractivity (Wildman–Crippen MR) is 92.3 cm³/mol. The monoisotopic (exact) mass is 316 g/mol. The second kappa shape index (κ2) is 11.0. The van der Waals surface area contributed by atoms with Crippen LogP contribution < -0.4 is 5.73 Å². The normalized spacial score (nSPS) is 14.2. The van der Waals surface area contributed by atoms with Crippen molar-refractivity contribution in [3.05, 3.63) is 34.7 Å². The second-order valence-corrected chi connectivity index (χ2v) is 5.90. The van der Waals surface area contributed by atoms with E-state index in [0.717, 1.165) is 44.1 Å². The van der Waals surface area contributed by atoms with Gasteiger partial charge in [0.2, 0.25) is 0 Å². The van der Waals surface area contributed by atoms with Crippen LogP contribution in [0.25, 0.3) is 0 Å². The molecule has 0 heterocycles. The van der Waals surface area contributed by atoms with Gasteiger partial charge in [-0.1, -0.05) is 48.2 Å². The average Bonchev–Trinajstić information content (AvgIpc) is 2.36. The molecule has 0 aromatic rings. The molecule has 0 saturated carbocycles. The second-order valence-electron chi connectivity index (χ2n) is 5.00. The summed E-state index contributed by atoms with van der Waals surface area (Å²) < 4.78 is 0. The molecule has 0 bridgehead atoms. The molecule has 0 aromatic carbocycles. The smallest absolute Gasteiger partial charge is 0.153 e. The number of hydrogen-bond acceptors (Lipinski definition) is 2. The highest BCUT2D eigenvalue weighted by atomic mass is 35.5. The van der Waals surface area contributed by atoms with E-state index >= 15 is 0 Å². The minimum atomic E-state index is 0.278. The van der Waals surface area contributed by atoms with Crippen LogP contribution in [-0.4, -0.2) is 5.17 Å². The van der Waals surface area contributed by atoms with Crippen LogP contribution in [0, 0.1) is 0 Å². The van der Waals surface area contributed by atoms with Gasteiger partial charge in [0, 0.05) is 0 Å². The summed E-state index contributed by atoms with van der Waals surface area (Å²) in [4.78, 5) is 4.01. The Morgan fingerprint density at radius 1 is 1.20 bits per heavy atom. The first-order valence-electron chi connectivity index (χ1n) is 7.08. The molecule has 0 unspecified atom stereocenters. The topological polar surface area (TPSA) is 38.4 Å². The first-order chi connectivity index (χ1) is 9.38. The zero-order valence-corrected chi connectivity index (χ0v) is 14.3. The van der Waals surface area contributed by atoms with E-state index in [9.17, 15) is 0 Å². The largest absolute Gasteiger partial charge is 0.396 e. The van der Waals surface area contributed by atoms with Crippen molar-refractivity contribution in [1.29, 1.82) is 0 Å². The van der Waals surface area contributed by atoms with Crippen LogP contribution in [-0.2, 0) is 0 Å². The molecule has 0 atom stereocenters. The standard InChI is InChI=1S/C16H26Cl2N2/c1-5-6-10-14(11-8-7-9-12(2)3)15(19)16(18)20-13(4)17/h10H,2,5-9,11,19H2,1,3-4H3/b14-10+,16-15+,20-13?. The molecule has 0 saturated heterocycles. The third kappa shape index (κ3) is 9.22. The Balaban J connectivity index is 4.80. The highest BCUT2D eigenvalue weighted by Crippen LogP contribution is 2.22. The maximum Gasteiger partial charge on any atom is 0.153 e. The molecular formula is C16H26Cl2N2. The molecule has 0 aromatic heterocycles. The van der Waals surface area contributed by atoms with E-state index in [4.69, 9.17) is 28.9 Å². The van der Waals surface area contributed by atoms with Gasteiger partial charge in [-0.2, -0.15) is 0 Å². The lowest BCUT2D eigenvalue weighted by Crippen LogP contribution is -2.04. The molecule has 0 amide bonds. The van der Waals surface area contributed by atoms with E-state index in [-0.39, 0.29) is 5.16 Å². The van der Waals surface area contributed by atoms with Crippen LogP contribution in [0.1, 0.15) is 59.3 Å². The molecule has 0 fully saturated rings. The first kappa shape index (κ1) is 19.3. The average molecular weight is 317 g/mol. The summed E-state index contributed by atoms with van der Waals surface area (Å²) in [6, 6.07) is 0. The number of aliphatic imine (C=N–C) groups is 1. The van der Waals surface area contributed by atoms with Gasteiger partial charge in [-0.05, 0) is 51.5 Å². The lowest BCUT2D eigenvalue weighted by atomic mass is 10.0. The Labute approximate surface area is 133 Å². The zero-order valence-electron chi connectivity index (χ0n) is 12.8. The van der Waals surface area contributed by atoms with Gasteiger partial charge in [-0.3, -0.25) is 0 Å². The SMILES string of the molecule is C=C(C)CCCCC(=C\CCC)/C(N)=C(/Cl)N=C(C)Cl. The molecule has 0 rings (SSSR count). The molecule has 114 valence electrons. The van der Waals surface area contributed by atoms with Crippen molar-refractivity contribution < 1.29 is 0 Å². The molecule has 2 N–H and O–H groups in total. The molecule has 0 aliphatic carbocycles. The van der Waals surface area contributed by atoms with Crippen LogP contribution in [0.4, 0.5) is 0 Å². The number of halogens is 2. The highest BCUT2D eigenvalue weighted by Gasteiger charge is 2.07. The van der Waals surface area contributed by atoms with Crippen molar-refractivity contribution in [1.82, 2.24) is 0 Å². The molecule has 20 heavy (non-hydrogen) atoms. The summed E-state index contributed by atoms with van der Waals surface area (Å²) in [5.74, 6) is 0. The van der Waals surface area contributed by atoms with E-state index in [1.165, 1.54) is 5.57 Å². The third-order valence-corrected chi connectivity index (χ3v) is 3.17. The molecular weight excluding hydrogens is 291 g/mol. The van der Waals surface area contributed by atoms with Gasteiger partial charge in [0.1, 0.15) is 5.17 Å². The Morgan fingerprint density at radius 2 is 1.80 bits per heavy atom. The number of rotatable bonds is 9. The molecule has 0 spiro atoms. The lowest BCUT2D eigenvalue weighted by Gasteiger charge is -2.09. The van der Waals surface area contributed by atoms with Crippen LogP contribution in [0.15, 0.2) is 39.6 Å². The van der Waals surface area contributed by atoms with Crippen molar-refractivity contribution in [2.24, 2.45) is 10.7 Å². The van der Waals surface area contributed by atoms with E-state index in [0.29, 0.717) is 10.9 Å². The number of nitrogens with zero attached hydrogens (tertiary/aromatic N) is 1. The zero-order chi connectivity index (χ0) is 15.5. The summed E-state index contributed by atoms with van der Waals surface area (Å²) in [6.07, 6.45) is 8.36. The Bertz CT molecular complexity index is 403. The number of nitrogens with two attached hydrogens (primary N) is 1. The van der Waals surface area contributed by atoms with Crippen LogP contribution >= 0.6 is 23.2 Å². The van der Waals surface area contributed by atoms with Crippen LogP contribution in [0.3, 0.4) is 0 Å².